The van der Waals surface area contributed by atoms with Crippen LogP contribution in [0.1, 0.15) is 23.1 Å². The zero-order valence-electron chi connectivity index (χ0n) is 15.0. The summed E-state index contributed by atoms with van der Waals surface area (Å²) in [5.74, 6) is -0.440. The monoisotopic (exact) mass is 367 g/mol. The van der Waals surface area contributed by atoms with Gasteiger partial charge in [0.15, 0.2) is 11.4 Å². The second kappa shape index (κ2) is 5.94. The van der Waals surface area contributed by atoms with Crippen LogP contribution in [0.4, 0.5) is 0 Å². The number of amides is 1. The number of nitrogens with zero attached hydrogens (tertiary/aromatic N) is 6. The molecule has 10 heteroatoms. The molecule has 0 aliphatic rings. The number of rotatable bonds is 4. The third kappa shape index (κ3) is 2.53. The molecule has 0 saturated carbocycles. The number of primary amides is 1. The molecule has 27 heavy (non-hydrogen) atoms. The molecule has 4 aromatic rings. The molecular formula is C17H17N7O3. The highest BCUT2D eigenvalue weighted by Gasteiger charge is 2.22. The molecule has 0 aliphatic heterocycles. The van der Waals surface area contributed by atoms with Crippen LogP contribution < -0.4 is 5.73 Å². The van der Waals surface area contributed by atoms with Gasteiger partial charge in [-0.3, -0.25) is 14.2 Å². The second-order valence-electron chi connectivity index (χ2n) is 6.06. The van der Waals surface area contributed by atoms with Crippen molar-refractivity contribution >= 4 is 16.8 Å². The lowest BCUT2D eigenvalue weighted by Crippen LogP contribution is -2.13. The molecular weight excluding hydrogens is 350 g/mol. The van der Waals surface area contributed by atoms with Gasteiger partial charge in [-0.2, -0.15) is 10.2 Å². The maximum Gasteiger partial charge on any atom is 0.267 e. The van der Waals surface area contributed by atoms with Crippen LogP contribution in [0.25, 0.3) is 33.9 Å². The lowest BCUT2D eigenvalue weighted by Gasteiger charge is -2.03. The summed E-state index contributed by atoms with van der Waals surface area (Å²) in [6.07, 6.45) is 3.05. The standard InChI is InChI=1S/C17H17N7O3/c1-4-24-14(15(25)8(2)22-24)17-21-11(7-27-17)13-9-6-19-23(3)12(9)5-10(20-13)16(18)26/h5-7,25H,4H2,1-3H3,(H2,18,26). The zero-order chi connectivity index (χ0) is 19.3. The Balaban J connectivity index is 1.91. The van der Waals surface area contributed by atoms with Crippen molar-refractivity contribution in [3.05, 3.63) is 29.9 Å². The molecule has 138 valence electrons. The van der Waals surface area contributed by atoms with E-state index < -0.39 is 5.91 Å². The fourth-order valence-corrected chi connectivity index (χ4v) is 2.97. The molecule has 0 bridgehead atoms. The van der Waals surface area contributed by atoms with Gasteiger partial charge in [-0.1, -0.05) is 0 Å². The summed E-state index contributed by atoms with van der Waals surface area (Å²) in [6.45, 7) is 4.14. The highest BCUT2D eigenvalue weighted by atomic mass is 16.3. The Bertz CT molecular complexity index is 1190. The van der Waals surface area contributed by atoms with Gasteiger partial charge < -0.3 is 15.3 Å². The third-order valence-corrected chi connectivity index (χ3v) is 4.34. The molecule has 4 aromatic heterocycles. The van der Waals surface area contributed by atoms with Gasteiger partial charge >= 0.3 is 0 Å². The summed E-state index contributed by atoms with van der Waals surface area (Å²) in [5, 5.41) is 19.5. The summed E-state index contributed by atoms with van der Waals surface area (Å²) in [5.41, 5.74) is 7.88. The maximum absolute atomic E-state index is 11.7. The number of aromatic hydroxyl groups is 1. The van der Waals surface area contributed by atoms with Gasteiger partial charge in [-0.05, 0) is 19.9 Å². The van der Waals surface area contributed by atoms with Crippen molar-refractivity contribution < 1.29 is 14.3 Å². The first-order valence-corrected chi connectivity index (χ1v) is 8.25. The minimum Gasteiger partial charge on any atom is -0.504 e. The highest BCUT2D eigenvalue weighted by Crippen LogP contribution is 2.34. The number of aromatic nitrogens is 6. The summed E-state index contributed by atoms with van der Waals surface area (Å²) < 4.78 is 8.81. The Hall–Kier alpha value is -3.69. The third-order valence-electron chi connectivity index (χ3n) is 4.34. The van der Waals surface area contributed by atoms with E-state index in [9.17, 15) is 9.90 Å². The first kappa shape index (κ1) is 16.8. The summed E-state index contributed by atoms with van der Waals surface area (Å²) in [4.78, 5) is 20.4. The Morgan fingerprint density at radius 3 is 2.85 bits per heavy atom. The van der Waals surface area contributed by atoms with Crippen LogP contribution in [0.3, 0.4) is 0 Å². The van der Waals surface area contributed by atoms with E-state index in [0.29, 0.717) is 40.2 Å². The molecule has 4 rings (SSSR count). The van der Waals surface area contributed by atoms with Crippen molar-refractivity contribution in [2.45, 2.75) is 20.4 Å². The predicted molar refractivity (Wildman–Crippen MR) is 95.8 cm³/mol. The van der Waals surface area contributed by atoms with Gasteiger partial charge in [0.25, 0.3) is 5.91 Å². The lowest BCUT2D eigenvalue weighted by atomic mass is 10.1. The average molecular weight is 367 g/mol. The molecule has 0 atom stereocenters. The smallest absolute Gasteiger partial charge is 0.267 e. The number of nitrogens with two attached hydrogens (primary N) is 1. The van der Waals surface area contributed by atoms with Crippen LogP contribution in [0.2, 0.25) is 0 Å². The fourth-order valence-electron chi connectivity index (χ4n) is 2.97. The number of pyridine rings is 1. The van der Waals surface area contributed by atoms with E-state index in [-0.39, 0.29) is 17.3 Å². The Labute approximate surface area is 153 Å². The summed E-state index contributed by atoms with van der Waals surface area (Å²) in [7, 11) is 1.76. The molecule has 0 aromatic carbocycles. The number of aryl methyl sites for hydroxylation is 3. The molecule has 4 heterocycles. The Morgan fingerprint density at radius 2 is 2.15 bits per heavy atom. The Morgan fingerprint density at radius 1 is 1.37 bits per heavy atom. The van der Waals surface area contributed by atoms with Crippen molar-refractivity contribution in [1.82, 2.24) is 29.5 Å². The van der Waals surface area contributed by atoms with Crippen LogP contribution in [-0.4, -0.2) is 40.5 Å². The molecule has 0 aliphatic carbocycles. The van der Waals surface area contributed by atoms with Crippen molar-refractivity contribution in [3.8, 4) is 28.7 Å². The molecule has 0 unspecified atom stereocenters. The SMILES string of the molecule is CCn1nc(C)c(O)c1-c1nc(-c2nc(C(N)=O)cc3c2cnn3C)co1. The maximum atomic E-state index is 11.7. The van der Waals surface area contributed by atoms with Gasteiger partial charge in [-0.15, -0.1) is 0 Å². The normalized spacial score (nSPS) is 11.4. The molecule has 3 N–H and O–H groups in total. The topological polar surface area (TPSA) is 138 Å². The van der Waals surface area contributed by atoms with Gasteiger partial charge in [0.2, 0.25) is 5.89 Å². The minimum absolute atomic E-state index is 0.00983. The number of oxazole rings is 1. The van der Waals surface area contributed by atoms with E-state index in [0.717, 1.165) is 0 Å². The second-order valence-corrected chi connectivity index (χ2v) is 6.06. The van der Waals surface area contributed by atoms with Gasteiger partial charge in [-0.25, -0.2) is 9.97 Å². The van der Waals surface area contributed by atoms with Crippen molar-refractivity contribution in [1.29, 1.82) is 0 Å². The largest absolute Gasteiger partial charge is 0.504 e. The van der Waals surface area contributed by atoms with Crippen LogP contribution in [0, 0.1) is 6.92 Å². The van der Waals surface area contributed by atoms with Crippen LogP contribution in [0.5, 0.6) is 5.75 Å². The molecule has 10 nitrogen and oxygen atoms in total. The average Bonchev–Trinajstić information content (AvgIpc) is 3.33. The first-order valence-electron chi connectivity index (χ1n) is 8.25. The molecule has 0 radical (unpaired) electrons. The number of carbonyl (C=O) groups is 1. The zero-order valence-corrected chi connectivity index (χ0v) is 15.0. The molecule has 0 saturated heterocycles. The van der Waals surface area contributed by atoms with Crippen LogP contribution >= 0.6 is 0 Å². The van der Waals surface area contributed by atoms with E-state index in [1.54, 1.807) is 35.6 Å². The fraction of sp³-hybridized carbons (Fsp3) is 0.235. The van der Waals surface area contributed by atoms with E-state index >= 15 is 0 Å². The lowest BCUT2D eigenvalue weighted by molar-refractivity contribution is 0.0996. The van der Waals surface area contributed by atoms with Crippen molar-refractivity contribution in [2.75, 3.05) is 0 Å². The quantitative estimate of drug-likeness (QED) is 0.559. The van der Waals surface area contributed by atoms with Gasteiger partial charge in [0.05, 0.1) is 11.7 Å². The van der Waals surface area contributed by atoms with E-state index in [1.807, 2.05) is 6.92 Å². The number of hydrogen-bond donors (Lipinski definition) is 2. The van der Waals surface area contributed by atoms with E-state index in [4.69, 9.17) is 10.2 Å². The summed E-state index contributed by atoms with van der Waals surface area (Å²) in [6, 6.07) is 1.58. The van der Waals surface area contributed by atoms with E-state index in [1.165, 1.54) is 6.26 Å². The Kier molecular flexibility index (Phi) is 3.69. The molecule has 0 fully saturated rings. The number of carbonyl (C=O) groups excluding carboxylic acids is 1. The summed E-state index contributed by atoms with van der Waals surface area (Å²) >= 11 is 0. The molecule has 1 amide bonds. The highest BCUT2D eigenvalue weighted by molar-refractivity contribution is 5.99. The van der Waals surface area contributed by atoms with E-state index in [2.05, 4.69) is 20.2 Å². The molecule has 0 spiro atoms. The van der Waals surface area contributed by atoms with Crippen LogP contribution in [0.15, 0.2) is 22.9 Å². The number of hydrogen-bond acceptors (Lipinski definition) is 7. The van der Waals surface area contributed by atoms with Gasteiger partial charge in [0, 0.05) is 19.0 Å². The van der Waals surface area contributed by atoms with Crippen molar-refractivity contribution in [2.24, 2.45) is 12.8 Å². The minimum atomic E-state index is -0.652. The van der Waals surface area contributed by atoms with Crippen molar-refractivity contribution in [3.63, 3.8) is 0 Å². The predicted octanol–water partition coefficient (Wildman–Crippen LogP) is 1.62. The first-order chi connectivity index (χ1) is 12.9. The number of fused-ring (bicyclic) bond motifs is 1. The van der Waals surface area contributed by atoms with Crippen LogP contribution in [-0.2, 0) is 13.6 Å². The van der Waals surface area contributed by atoms with Gasteiger partial charge in [0.1, 0.15) is 29.0 Å².